The highest BCUT2D eigenvalue weighted by atomic mass is 35.5. The van der Waals surface area contributed by atoms with Crippen molar-refractivity contribution in [2.24, 2.45) is 5.73 Å². The van der Waals surface area contributed by atoms with Gasteiger partial charge >= 0.3 is 0 Å². The summed E-state index contributed by atoms with van der Waals surface area (Å²) in [5.41, 5.74) is 4.80. The highest BCUT2D eigenvalue weighted by Crippen LogP contribution is 2.28. The van der Waals surface area contributed by atoms with Crippen molar-refractivity contribution in [3.63, 3.8) is 0 Å². The molecule has 0 radical (unpaired) electrons. The van der Waals surface area contributed by atoms with E-state index in [4.69, 9.17) is 17.3 Å². The van der Waals surface area contributed by atoms with Crippen molar-refractivity contribution in [2.45, 2.75) is 25.8 Å². The van der Waals surface area contributed by atoms with Gasteiger partial charge in [-0.15, -0.1) is 0 Å². The summed E-state index contributed by atoms with van der Waals surface area (Å²) in [6, 6.07) is 3.91. The van der Waals surface area contributed by atoms with Gasteiger partial charge in [0.25, 0.3) is 0 Å². The molecule has 5 heteroatoms. The molecule has 0 aromatic heterocycles. The topological polar surface area (TPSA) is 55.1 Å². The van der Waals surface area contributed by atoms with Crippen LogP contribution < -0.4 is 11.1 Å². The maximum Gasteiger partial charge on any atom is 0.242 e. The van der Waals surface area contributed by atoms with E-state index >= 15 is 0 Å². The molecular formula is C12H16ClFN2O. The van der Waals surface area contributed by atoms with Gasteiger partial charge in [0.05, 0.1) is 0 Å². The first-order valence-electron chi connectivity index (χ1n) is 5.42. The van der Waals surface area contributed by atoms with Gasteiger partial charge in [0, 0.05) is 10.6 Å². The molecule has 0 bridgehead atoms. The zero-order chi connectivity index (χ0) is 13.1. The Morgan fingerprint density at radius 3 is 2.71 bits per heavy atom. The molecular weight excluding hydrogens is 243 g/mol. The number of benzene rings is 1. The van der Waals surface area contributed by atoms with E-state index in [-0.39, 0.29) is 5.02 Å². The third kappa shape index (κ3) is 2.96. The van der Waals surface area contributed by atoms with Crippen molar-refractivity contribution < 1.29 is 9.18 Å². The lowest BCUT2D eigenvalue weighted by Gasteiger charge is -2.28. The Balaban J connectivity index is 3.17. The van der Waals surface area contributed by atoms with Crippen molar-refractivity contribution in [3.05, 3.63) is 34.6 Å². The van der Waals surface area contributed by atoms with Gasteiger partial charge in [-0.05, 0) is 32.0 Å². The van der Waals surface area contributed by atoms with Crippen LogP contribution in [0, 0.1) is 5.82 Å². The normalized spacial score (nSPS) is 14.4. The fourth-order valence-electron chi connectivity index (χ4n) is 1.59. The lowest BCUT2D eigenvalue weighted by Crippen LogP contribution is -2.50. The van der Waals surface area contributed by atoms with Crippen LogP contribution in [0.15, 0.2) is 18.2 Å². The Labute approximate surface area is 105 Å². The number of nitrogens with two attached hydrogens (primary N) is 1. The van der Waals surface area contributed by atoms with Crippen LogP contribution in [0.3, 0.4) is 0 Å². The predicted molar refractivity (Wildman–Crippen MR) is 66.3 cm³/mol. The van der Waals surface area contributed by atoms with Gasteiger partial charge in [-0.3, -0.25) is 10.1 Å². The largest absolute Gasteiger partial charge is 0.368 e. The summed E-state index contributed by atoms with van der Waals surface area (Å²) < 4.78 is 13.0. The standard InChI is InChI=1S/C12H16ClFN2O/c1-3-6-16-12(2,11(15)17)9-5-4-8(14)7-10(9)13/h4-5,7,16H,3,6H2,1-2H3,(H2,15,17). The fraction of sp³-hybridized carbons (Fsp3) is 0.417. The third-order valence-electron chi connectivity index (χ3n) is 2.69. The summed E-state index contributed by atoms with van der Waals surface area (Å²) in [5, 5.41) is 3.23. The first-order valence-corrected chi connectivity index (χ1v) is 5.80. The summed E-state index contributed by atoms with van der Waals surface area (Å²) in [6.07, 6.45) is 0.849. The Morgan fingerprint density at radius 2 is 2.24 bits per heavy atom. The highest BCUT2D eigenvalue weighted by molar-refractivity contribution is 6.31. The monoisotopic (exact) mass is 258 g/mol. The Hall–Kier alpha value is -1.13. The van der Waals surface area contributed by atoms with Crippen LogP contribution in [0.5, 0.6) is 0 Å². The summed E-state index contributed by atoms with van der Waals surface area (Å²) >= 11 is 5.95. The van der Waals surface area contributed by atoms with E-state index in [2.05, 4.69) is 5.32 Å². The van der Waals surface area contributed by atoms with Gasteiger partial charge in [0.1, 0.15) is 11.4 Å². The van der Waals surface area contributed by atoms with Crippen LogP contribution in [0.25, 0.3) is 0 Å². The number of hydrogen-bond acceptors (Lipinski definition) is 2. The van der Waals surface area contributed by atoms with Crippen LogP contribution in [-0.2, 0) is 10.3 Å². The minimum atomic E-state index is -1.08. The van der Waals surface area contributed by atoms with E-state index in [1.54, 1.807) is 6.92 Å². The second kappa shape index (κ2) is 5.47. The molecule has 1 aromatic carbocycles. The Bertz CT molecular complexity index is 425. The Kier molecular flexibility index (Phi) is 4.48. The van der Waals surface area contributed by atoms with Crippen molar-refractivity contribution in [2.75, 3.05) is 6.54 Å². The molecule has 0 saturated carbocycles. The van der Waals surface area contributed by atoms with Crippen molar-refractivity contribution in [1.82, 2.24) is 5.32 Å². The van der Waals surface area contributed by atoms with Gasteiger partial charge < -0.3 is 5.73 Å². The Morgan fingerprint density at radius 1 is 1.59 bits per heavy atom. The van der Waals surface area contributed by atoms with Gasteiger partial charge in [0.15, 0.2) is 0 Å². The second-order valence-corrected chi connectivity index (χ2v) is 4.45. The molecule has 1 amide bonds. The van der Waals surface area contributed by atoms with Crippen LogP contribution in [0.4, 0.5) is 4.39 Å². The zero-order valence-electron chi connectivity index (χ0n) is 9.89. The molecule has 0 saturated heterocycles. The van der Waals surface area contributed by atoms with E-state index in [9.17, 15) is 9.18 Å². The predicted octanol–water partition coefficient (Wildman–Crippen LogP) is 2.18. The molecule has 0 spiro atoms. The van der Waals surface area contributed by atoms with Crippen LogP contribution >= 0.6 is 11.6 Å². The summed E-state index contributed by atoms with van der Waals surface area (Å²) in [5.74, 6) is -0.986. The van der Waals surface area contributed by atoms with E-state index in [0.717, 1.165) is 6.42 Å². The third-order valence-corrected chi connectivity index (χ3v) is 3.00. The molecule has 0 fully saturated rings. The molecule has 17 heavy (non-hydrogen) atoms. The fourth-order valence-corrected chi connectivity index (χ4v) is 1.94. The number of carbonyl (C=O) groups excluding carboxylic acids is 1. The van der Waals surface area contributed by atoms with E-state index in [0.29, 0.717) is 12.1 Å². The van der Waals surface area contributed by atoms with Crippen LogP contribution in [0.2, 0.25) is 5.02 Å². The SMILES string of the molecule is CCCNC(C)(C(N)=O)c1ccc(F)cc1Cl. The lowest BCUT2D eigenvalue weighted by atomic mass is 9.91. The summed E-state index contributed by atoms with van der Waals surface area (Å²) in [4.78, 5) is 11.6. The lowest BCUT2D eigenvalue weighted by molar-refractivity contribution is -0.124. The highest BCUT2D eigenvalue weighted by Gasteiger charge is 2.34. The molecule has 0 aliphatic heterocycles. The van der Waals surface area contributed by atoms with E-state index in [1.165, 1.54) is 18.2 Å². The maximum atomic E-state index is 13.0. The van der Waals surface area contributed by atoms with Gasteiger partial charge in [-0.25, -0.2) is 4.39 Å². The smallest absolute Gasteiger partial charge is 0.242 e. The first-order chi connectivity index (χ1) is 7.91. The molecule has 1 unspecified atom stereocenters. The number of rotatable bonds is 5. The first kappa shape index (κ1) is 13.9. The molecule has 0 aliphatic carbocycles. The summed E-state index contributed by atoms with van der Waals surface area (Å²) in [7, 11) is 0. The van der Waals surface area contributed by atoms with E-state index < -0.39 is 17.3 Å². The molecule has 0 aliphatic rings. The number of halogens is 2. The molecule has 0 heterocycles. The molecule has 3 nitrogen and oxygen atoms in total. The van der Waals surface area contributed by atoms with Gasteiger partial charge in [0.2, 0.25) is 5.91 Å². The van der Waals surface area contributed by atoms with Crippen LogP contribution in [-0.4, -0.2) is 12.5 Å². The molecule has 3 N–H and O–H groups in total. The van der Waals surface area contributed by atoms with Crippen molar-refractivity contribution >= 4 is 17.5 Å². The number of primary amides is 1. The number of hydrogen-bond donors (Lipinski definition) is 2. The van der Waals surface area contributed by atoms with Gasteiger partial charge in [-0.1, -0.05) is 24.6 Å². The zero-order valence-corrected chi connectivity index (χ0v) is 10.6. The quantitative estimate of drug-likeness (QED) is 0.851. The minimum absolute atomic E-state index is 0.190. The molecule has 94 valence electrons. The van der Waals surface area contributed by atoms with Gasteiger partial charge in [-0.2, -0.15) is 0 Å². The molecule has 1 atom stereocenters. The van der Waals surface area contributed by atoms with Crippen molar-refractivity contribution in [3.8, 4) is 0 Å². The average molecular weight is 259 g/mol. The van der Waals surface area contributed by atoms with Crippen LogP contribution in [0.1, 0.15) is 25.8 Å². The van der Waals surface area contributed by atoms with E-state index in [1.807, 2.05) is 6.92 Å². The molecule has 1 aromatic rings. The average Bonchev–Trinajstić information content (AvgIpc) is 2.25. The van der Waals surface area contributed by atoms with Crippen molar-refractivity contribution in [1.29, 1.82) is 0 Å². The molecule has 1 rings (SSSR count). The summed E-state index contributed by atoms with van der Waals surface area (Å²) in [6.45, 7) is 4.23. The number of nitrogens with one attached hydrogen (secondary N) is 1. The minimum Gasteiger partial charge on any atom is -0.368 e. The second-order valence-electron chi connectivity index (χ2n) is 4.04. The number of carbonyl (C=O) groups is 1. The number of amides is 1. The maximum absolute atomic E-state index is 13.0.